The van der Waals surface area contributed by atoms with E-state index in [4.69, 9.17) is 17.3 Å². The summed E-state index contributed by atoms with van der Waals surface area (Å²) >= 11 is 6.80. The van der Waals surface area contributed by atoms with Gasteiger partial charge in [-0.3, -0.25) is 4.79 Å². The Bertz CT molecular complexity index is 1390. The van der Waals surface area contributed by atoms with Crippen LogP contribution in [-0.2, 0) is 16.9 Å². The van der Waals surface area contributed by atoms with Gasteiger partial charge < -0.3 is 25.3 Å². The molecule has 1 aliphatic heterocycles. The minimum absolute atomic E-state index is 0.258. The van der Waals surface area contributed by atoms with E-state index < -0.39 is 6.10 Å². The normalized spacial score (nSPS) is 18.0. The van der Waals surface area contributed by atoms with Crippen molar-refractivity contribution >= 4 is 45.4 Å². The van der Waals surface area contributed by atoms with E-state index in [1.165, 1.54) is 13.3 Å². The van der Waals surface area contributed by atoms with Crippen LogP contribution in [-0.4, -0.2) is 53.1 Å². The van der Waals surface area contributed by atoms with Crippen LogP contribution < -0.4 is 5.73 Å². The van der Waals surface area contributed by atoms with Crippen molar-refractivity contribution in [1.29, 1.82) is 0 Å². The molecule has 1 aliphatic carbocycles. The highest BCUT2D eigenvalue weighted by molar-refractivity contribution is 6.38. The van der Waals surface area contributed by atoms with Crippen molar-refractivity contribution in [2.75, 3.05) is 12.3 Å². The van der Waals surface area contributed by atoms with Crippen molar-refractivity contribution in [3.8, 4) is 11.3 Å². The van der Waals surface area contributed by atoms with Crippen molar-refractivity contribution in [2.45, 2.75) is 38.0 Å². The number of anilines is 1. The molecule has 1 spiro atoms. The van der Waals surface area contributed by atoms with Crippen molar-refractivity contribution in [1.82, 2.24) is 29.4 Å². The molecule has 10 heteroatoms. The van der Waals surface area contributed by atoms with Gasteiger partial charge in [0.15, 0.2) is 0 Å². The summed E-state index contributed by atoms with van der Waals surface area (Å²) in [7, 11) is 0. The number of fused-ring (bicyclic) bond motifs is 5. The number of carbonyl (C=O) groups excluding carboxylic acids is 1. The molecule has 158 valence electrons. The highest BCUT2D eigenvalue weighted by atomic mass is 35.5. The summed E-state index contributed by atoms with van der Waals surface area (Å²) in [5.41, 5.74) is 9.84. The predicted octanol–water partition coefficient (Wildman–Crippen LogP) is 2.42. The van der Waals surface area contributed by atoms with E-state index >= 15 is 0 Å². The smallest absolute Gasteiger partial charge is 0.251 e. The Morgan fingerprint density at radius 1 is 1.35 bits per heavy atom. The SMILES string of the molecule is C[C@H](O)C(=O)N1Cc2c(-c3[nH]c4ncccc4c3Cl)c3c(N)ncnc3n2C2(CC2)C1. The first-order valence-corrected chi connectivity index (χ1v) is 10.5. The number of nitrogens with zero attached hydrogens (tertiary/aromatic N) is 5. The van der Waals surface area contributed by atoms with Gasteiger partial charge in [0.25, 0.3) is 5.91 Å². The molecule has 1 fully saturated rings. The molecule has 0 bridgehead atoms. The second kappa shape index (κ2) is 6.18. The number of carbonyl (C=O) groups is 1. The standard InChI is InChI=1S/C21H20ClN7O2/c1-10(30)20(31)28-7-12-13(16-15(22)11-3-2-6-24-18(11)27-16)14-17(23)25-9-26-19(14)29(12)21(8-28)4-5-21/h2-3,6,9-10,30H,4-5,7-8H2,1H3,(H,24,27)(H2,23,25,26)/t10-/m0/s1. The number of amides is 1. The van der Waals surface area contributed by atoms with Gasteiger partial charge in [-0.2, -0.15) is 0 Å². The largest absolute Gasteiger partial charge is 0.384 e. The second-order valence-corrected chi connectivity index (χ2v) is 8.80. The third kappa shape index (κ3) is 2.47. The lowest BCUT2D eigenvalue weighted by Crippen LogP contribution is -2.48. The second-order valence-electron chi connectivity index (χ2n) is 8.42. The van der Waals surface area contributed by atoms with E-state index in [2.05, 4.69) is 24.5 Å². The number of hydrogen-bond donors (Lipinski definition) is 3. The lowest BCUT2D eigenvalue weighted by Gasteiger charge is -2.36. The fraction of sp³-hybridized carbons (Fsp3) is 0.333. The van der Waals surface area contributed by atoms with Crippen molar-refractivity contribution in [3.63, 3.8) is 0 Å². The van der Waals surface area contributed by atoms with Crippen LogP contribution in [0.15, 0.2) is 24.7 Å². The molecule has 9 nitrogen and oxygen atoms in total. The summed E-state index contributed by atoms with van der Waals surface area (Å²) in [5, 5.41) is 12.0. The lowest BCUT2D eigenvalue weighted by atomic mass is 10.1. The lowest BCUT2D eigenvalue weighted by molar-refractivity contribution is -0.141. The number of hydrogen-bond acceptors (Lipinski definition) is 6. The van der Waals surface area contributed by atoms with Gasteiger partial charge in [-0.15, -0.1) is 0 Å². The molecule has 2 aliphatic rings. The average Bonchev–Trinajstić information content (AvgIpc) is 3.31. The Labute approximate surface area is 181 Å². The molecule has 0 unspecified atom stereocenters. The van der Waals surface area contributed by atoms with Gasteiger partial charge in [0, 0.05) is 29.4 Å². The van der Waals surface area contributed by atoms with Gasteiger partial charge in [0.2, 0.25) is 0 Å². The quantitative estimate of drug-likeness (QED) is 0.442. The summed E-state index contributed by atoms with van der Waals surface area (Å²) < 4.78 is 2.21. The van der Waals surface area contributed by atoms with Crippen LogP contribution in [0.2, 0.25) is 5.02 Å². The van der Waals surface area contributed by atoms with Crippen LogP contribution in [0, 0.1) is 0 Å². The molecule has 0 saturated heterocycles. The molecule has 6 rings (SSSR count). The van der Waals surface area contributed by atoms with Gasteiger partial charge >= 0.3 is 0 Å². The fourth-order valence-electron chi connectivity index (χ4n) is 4.88. The minimum atomic E-state index is -1.07. The zero-order chi connectivity index (χ0) is 21.5. The number of rotatable bonds is 2. The minimum Gasteiger partial charge on any atom is -0.384 e. The monoisotopic (exact) mass is 437 g/mol. The van der Waals surface area contributed by atoms with Crippen molar-refractivity contribution < 1.29 is 9.90 Å². The number of nitrogen functional groups attached to an aromatic ring is 1. The summed E-state index contributed by atoms with van der Waals surface area (Å²) in [6.45, 7) is 2.34. The third-order valence-corrected chi connectivity index (χ3v) is 6.82. The van der Waals surface area contributed by atoms with E-state index in [9.17, 15) is 9.90 Å². The summed E-state index contributed by atoms with van der Waals surface area (Å²) in [4.78, 5) is 31.0. The van der Waals surface area contributed by atoms with Crippen molar-refractivity contribution in [3.05, 3.63) is 35.4 Å². The molecule has 1 saturated carbocycles. The van der Waals surface area contributed by atoms with Gasteiger partial charge in [0.1, 0.15) is 29.5 Å². The first-order chi connectivity index (χ1) is 14.9. The number of H-pyrrole nitrogens is 1. The maximum Gasteiger partial charge on any atom is 0.251 e. The summed E-state index contributed by atoms with van der Waals surface area (Å²) in [6, 6.07) is 3.74. The number of pyridine rings is 1. The molecule has 1 atom stereocenters. The molecule has 4 aromatic heterocycles. The van der Waals surface area contributed by atoms with E-state index in [1.54, 1.807) is 11.1 Å². The molecule has 4 N–H and O–H groups in total. The van der Waals surface area contributed by atoms with Crippen LogP contribution in [0.25, 0.3) is 33.3 Å². The van der Waals surface area contributed by atoms with E-state index in [-0.39, 0.29) is 11.4 Å². The molecular weight excluding hydrogens is 418 g/mol. The topological polar surface area (TPSA) is 126 Å². The van der Waals surface area contributed by atoms with E-state index in [0.717, 1.165) is 35.1 Å². The highest BCUT2D eigenvalue weighted by Gasteiger charge is 2.52. The maximum atomic E-state index is 12.7. The maximum absolute atomic E-state index is 12.7. The molecule has 0 aromatic carbocycles. The zero-order valence-electron chi connectivity index (χ0n) is 16.8. The van der Waals surface area contributed by atoms with Gasteiger partial charge in [-0.05, 0) is 31.9 Å². The predicted molar refractivity (Wildman–Crippen MR) is 116 cm³/mol. The number of aromatic amines is 1. The van der Waals surface area contributed by atoms with Crippen LogP contribution in [0.4, 0.5) is 5.82 Å². The number of aliphatic hydroxyl groups is 1. The van der Waals surface area contributed by atoms with E-state index in [0.29, 0.717) is 40.7 Å². The summed E-state index contributed by atoms with van der Waals surface area (Å²) in [5.74, 6) is 0.0611. The van der Waals surface area contributed by atoms with Crippen molar-refractivity contribution in [2.24, 2.45) is 0 Å². The van der Waals surface area contributed by atoms with Gasteiger partial charge in [0.05, 0.1) is 28.2 Å². The van der Waals surface area contributed by atoms with Crippen LogP contribution in [0.3, 0.4) is 0 Å². The Balaban J connectivity index is 1.69. The molecular formula is C21H20ClN7O2. The number of nitrogens with two attached hydrogens (primary N) is 1. The first kappa shape index (κ1) is 18.6. The fourth-order valence-corrected chi connectivity index (χ4v) is 5.18. The Morgan fingerprint density at radius 2 is 2.16 bits per heavy atom. The number of halogens is 1. The number of aliphatic hydroxyl groups excluding tert-OH is 1. The van der Waals surface area contributed by atoms with Crippen LogP contribution in [0.1, 0.15) is 25.5 Å². The van der Waals surface area contributed by atoms with Gasteiger partial charge in [-0.25, -0.2) is 15.0 Å². The molecule has 4 aromatic rings. The number of aromatic nitrogens is 5. The van der Waals surface area contributed by atoms with E-state index in [1.807, 2.05) is 12.1 Å². The average molecular weight is 438 g/mol. The third-order valence-electron chi connectivity index (χ3n) is 6.43. The number of nitrogens with one attached hydrogen (secondary N) is 1. The molecule has 1 amide bonds. The molecule has 31 heavy (non-hydrogen) atoms. The Kier molecular flexibility index (Phi) is 3.70. The molecule has 0 radical (unpaired) electrons. The van der Waals surface area contributed by atoms with Gasteiger partial charge in [-0.1, -0.05) is 11.6 Å². The first-order valence-electron chi connectivity index (χ1n) is 10.1. The highest BCUT2D eigenvalue weighted by Crippen LogP contribution is 2.53. The Morgan fingerprint density at radius 3 is 2.87 bits per heavy atom. The molecule has 5 heterocycles. The zero-order valence-corrected chi connectivity index (χ0v) is 17.5. The van der Waals surface area contributed by atoms with Crippen LogP contribution >= 0.6 is 11.6 Å². The van der Waals surface area contributed by atoms with Crippen LogP contribution in [0.5, 0.6) is 0 Å². The Hall–Kier alpha value is -3.17. The summed E-state index contributed by atoms with van der Waals surface area (Å²) in [6.07, 6.45) is 3.93.